The summed E-state index contributed by atoms with van der Waals surface area (Å²) in [5.74, 6) is -5.94. The fourth-order valence-electron chi connectivity index (χ4n) is 13.7. The van der Waals surface area contributed by atoms with Crippen molar-refractivity contribution >= 4 is 35.0 Å². The first-order chi connectivity index (χ1) is 48.3. The van der Waals surface area contributed by atoms with E-state index in [0.717, 1.165) is 50.2 Å². The number of halogens is 5. The number of rotatable bonds is 11. The Labute approximate surface area is 586 Å². The number of nitrogens with one attached hydrogen (secondary N) is 2. The summed E-state index contributed by atoms with van der Waals surface area (Å²) in [5, 5.41) is 5.31. The standard InChI is InChI=1S/C30H20F5NO4.C26H24O5.C25H23NO4.CH4/c1-13(2)38-16-6-9-20-22(12-16)39-21-10-14(3)4-7-19(21)30(20)18-8-5-15(11-17(18)29(37)40-30)36-28-26(34)24(32)23(31)25(33)27(28)35;1-15(2)28-17-9-11-21-23(13-17)30-24-14-18(29-16(3)4)10-12-22(24)26(21)20-8-6-5-7-19(20)25(27)31-26;1-14(2)28-17-7-10-21-23(13-17)29-22-11-15(3)5-8-20(22)25(21)19-9-6-16(26-4)12-18(19)24(27)30-25;/h4-13,36H,1-3H3;5-16H,1-4H3;5-14,26H,1-4H3;1H4. The maximum absolute atomic E-state index is 14.3. The van der Waals surface area contributed by atoms with Gasteiger partial charge in [0, 0.05) is 92.8 Å². The zero-order chi connectivity index (χ0) is 71.3. The highest BCUT2D eigenvalue weighted by atomic mass is 19.2. The average molecular weight is 1390 g/mol. The highest BCUT2D eigenvalue weighted by molar-refractivity contribution is 6.00. The molecule has 0 bridgehead atoms. The van der Waals surface area contributed by atoms with Crippen LogP contribution in [0.15, 0.2) is 170 Å². The molecule has 0 fully saturated rings. The quantitative estimate of drug-likeness (QED) is 0.0412. The summed E-state index contributed by atoms with van der Waals surface area (Å²) in [6.45, 7) is 19.5. The van der Waals surface area contributed by atoms with Crippen LogP contribution in [0, 0.1) is 42.9 Å². The van der Waals surface area contributed by atoms with Gasteiger partial charge in [-0.3, -0.25) is 0 Å². The summed E-state index contributed by atoms with van der Waals surface area (Å²) < 4.78 is 130. The number of carbonyl (C=O) groups excluding carboxylic acids is 3. The number of anilines is 3. The predicted molar refractivity (Wildman–Crippen MR) is 372 cm³/mol. The molecule has 0 radical (unpaired) electrons. The van der Waals surface area contributed by atoms with Crippen LogP contribution in [0.1, 0.15) is 155 Å². The molecule has 0 aromatic heterocycles. The van der Waals surface area contributed by atoms with Crippen LogP contribution in [0.5, 0.6) is 57.5 Å². The van der Waals surface area contributed by atoms with Crippen LogP contribution in [0.25, 0.3) is 0 Å². The second kappa shape index (κ2) is 26.2. The largest absolute Gasteiger partial charge is 0.491 e. The zero-order valence-electron chi connectivity index (χ0n) is 56.7. The maximum Gasteiger partial charge on any atom is 0.340 e. The third kappa shape index (κ3) is 11.5. The number of carbonyl (C=O) groups is 3. The number of hydrogen-bond acceptors (Lipinski definition) is 15. The molecule has 2 unspecified atom stereocenters. The van der Waals surface area contributed by atoms with Crippen LogP contribution >= 0.6 is 0 Å². The number of hydrogen-bond donors (Lipinski definition) is 2. The zero-order valence-corrected chi connectivity index (χ0v) is 56.7. The van der Waals surface area contributed by atoms with Crippen molar-refractivity contribution in [3.8, 4) is 57.5 Å². The Morgan fingerprint density at radius 3 is 1.00 bits per heavy atom. The van der Waals surface area contributed by atoms with Crippen molar-refractivity contribution in [2.75, 3.05) is 17.7 Å². The SMILES string of the molecule is C.CC(C)Oc1ccc2c(c1)Oc1cc(OC(C)C)ccc1C21OC(=O)c2ccccc21.CNc1ccc2c(c1)C(=O)OC21c2ccc(C)cc2Oc2cc(OC(C)C)ccc21.Cc1ccc2c(c1)Oc1cc(OC(C)C)ccc1C21OC(=O)c2cc(Nc3c(F)c(F)c(F)c(F)c3F)ccc21. The fourth-order valence-corrected chi connectivity index (χ4v) is 13.7. The van der Waals surface area contributed by atoms with Gasteiger partial charge < -0.3 is 58.0 Å². The normalized spacial score (nSPS) is 16.6. The van der Waals surface area contributed by atoms with Crippen LogP contribution in [-0.2, 0) is 31.0 Å². The van der Waals surface area contributed by atoms with E-state index in [1.165, 1.54) is 18.2 Å². The first-order valence-electron chi connectivity index (χ1n) is 32.9. The van der Waals surface area contributed by atoms with Gasteiger partial charge in [0.25, 0.3) is 0 Å². The van der Waals surface area contributed by atoms with Gasteiger partial charge in [0.15, 0.2) is 40.1 Å². The monoisotopic (exact) mass is 1390 g/mol. The Bertz CT molecular complexity index is 5000. The van der Waals surface area contributed by atoms with Gasteiger partial charge in [0.05, 0.1) is 41.1 Å². The molecular weight excluding hydrogens is 1320 g/mol. The molecule has 0 saturated carbocycles. The molecule has 20 heteroatoms. The third-order valence-electron chi connectivity index (χ3n) is 17.8. The topological polar surface area (TPSA) is 168 Å². The van der Waals surface area contributed by atoms with Crippen molar-refractivity contribution in [2.24, 2.45) is 0 Å². The molecule has 0 aliphatic carbocycles. The maximum atomic E-state index is 14.3. The van der Waals surface area contributed by atoms with Crippen LogP contribution in [0.3, 0.4) is 0 Å². The average Bonchev–Trinajstić information content (AvgIpc) is 1.55. The minimum Gasteiger partial charge on any atom is -0.491 e. The number of ether oxygens (including phenoxy) is 10. The van der Waals surface area contributed by atoms with E-state index in [4.69, 9.17) is 47.4 Å². The Kier molecular flexibility index (Phi) is 17.7. The van der Waals surface area contributed by atoms with E-state index in [1.54, 1.807) is 36.4 Å². The summed E-state index contributed by atoms with van der Waals surface area (Å²) >= 11 is 0. The van der Waals surface area contributed by atoms with Gasteiger partial charge in [-0.15, -0.1) is 0 Å². The van der Waals surface area contributed by atoms with E-state index in [-0.39, 0.29) is 55.0 Å². The molecule has 6 aliphatic heterocycles. The van der Waals surface area contributed by atoms with E-state index in [0.29, 0.717) is 85.3 Å². The molecule has 10 aromatic carbocycles. The number of aryl methyl sites for hydroxylation is 2. The first-order valence-corrected chi connectivity index (χ1v) is 32.9. The third-order valence-corrected chi connectivity index (χ3v) is 17.8. The van der Waals surface area contributed by atoms with Gasteiger partial charge in [-0.1, -0.05) is 62.0 Å². The van der Waals surface area contributed by atoms with Gasteiger partial charge in [-0.05, 0) is 171 Å². The lowest BCUT2D eigenvalue weighted by atomic mass is 9.77. The van der Waals surface area contributed by atoms with Gasteiger partial charge in [-0.2, -0.15) is 0 Å². The lowest BCUT2D eigenvalue weighted by molar-refractivity contribution is 0.0213. The summed E-state index contributed by atoms with van der Waals surface area (Å²) in [6, 6.07) is 51.0. The molecule has 6 aliphatic rings. The van der Waals surface area contributed by atoms with Crippen molar-refractivity contribution in [1.82, 2.24) is 0 Å². The smallest absolute Gasteiger partial charge is 0.340 e. The Morgan fingerprint density at radius 2 is 0.637 bits per heavy atom. The summed E-state index contributed by atoms with van der Waals surface area (Å²) in [7, 11) is 1.83. The lowest BCUT2D eigenvalue weighted by Crippen LogP contribution is -2.33. The molecule has 3 spiro atoms. The second-order valence-electron chi connectivity index (χ2n) is 26.2. The first kappa shape index (κ1) is 69.0. The van der Waals surface area contributed by atoms with Crippen LogP contribution in [0.2, 0.25) is 0 Å². The molecular formula is C82H71F5N2O13. The summed E-state index contributed by atoms with van der Waals surface area (Å²) in [5.41, 5.74) is 5.36. The highest BCUT2D eigenvalue weighted by Gasteiger charge is 2.57. The summed E-state index contributed by atoms with van der Waals surface area (Å²) in [6.07, 6.45) is -0.00289. The van der Waals surface area contributed by atoms with Gasteiger partial charge in [-0.25, -0.2) is 36.3 Å². The predicted octanol–water partition coefficient (Wildman–Crippen LogP) is 19.6. The van der Waals surface area contributed by atoms with Gasteiger partial charge in [0.1, 0.15) is 63.2 Å². The van der Waals surface area contributed by atoms with E-state index >= 15 is 0 Å². The Morgan fingerprint density at radius 1 is 0.343 bits per heavy atom. The Balaban J connectivity index is 0.000000138. The lowest BCUT2D eigenvalue weighted by Gasteiger charge is -2.36. The molecule has 15 nitrogen and oxygen atoms in total. The fraction of sp³-hybridized carbons (Fsp3) is 0.232. The molecule has 2 atom stereocenters. The molecule has 6 heterocycles. The number of esters is 3. The second-order valence-corrected chi connectivity index (χ2v) is 26.2. The van der Waals surface area contributed by atoms with E-state index < -0.39 is 57.5 Å². The van der Waals surface area contributed by atoms with Crippen molar-refractivity contribution in [2.45, 2.75) is 118 Å². The Hall–Kier alpha value is -11.5. The molecule has 0 saturated heterocycles. The minimum atomic E-state index is -2.27. The molecule has 102 heavy (non-hydrogen) atoms. The molecule has 10 aromatic rings. The van der Waals surface area contributed by atoms with Crippen molar-refractivity contribution in [3.63, 3.8) is 0 Å². The molecule has 2 N–H and O–H groups in total. The molecule has 0 amide bonds. The van der Waals surface area contributed by atoms with E-state index in [9.17, 15) is 36.3 Å². The van der Waals surface area contributed by atoms with Crippen LogP contribution in [-0.4, -0.2) is 49.4 Å². The summed E-state index contributed by atoms with van der Waals surface area (Å²) in [4.78, 5) is 39.2. The van der Waals surface area contributed by atoms with Crippen LogP contribution in [0.4, 0.5) is 39.0 Å². The van der Waals surface area contributed by atoms with Crippen LogP contribution < -0.4 is 43.8 Å². The minimum absolute atomic E-state index is 0. The number of fused-ring (bicyclic) bond motifs is 18. The van der Waals surface area contributed by atoms with Gasteiger partial charge in [0.2, 0.25) is 5.82 Å². The van der Waals surface area contributed by atoms with Crippen molar-refractivity contribution in [1.29, 1.82) is 0 Å². The van der Waals surface area contributed by atoms with Gasteiger partial charge >= 0.3 is 17.9 Å². The van der Waals surface area contributed by atoms with E-state index in [2.05, 4.69) is 10.6 Å². The number of benzene rings is 10. The molecule has 522 valence electrons. The van der Waals surface area contributed by atoms with Crippen molar-refractivity contribution in [3.05, 3.63) is 277 Å². The van der Waals surface area contributed by atoms with Crippen molar-refractivity contribution < 1.29 is 83.7 Å². The highest BCUT2D eigenvalue weighted by Crippen LogP contribution is 2.61. The van der Waals surface area contributed by atoms with E-state index in [1.807, 2.05) is 192 Å². The molecule has 16 rings (SSSR count).